The van der Waals surface area contributed by atoms with Gasteiger partial charge in [-0.05, 0) is 6.92 Å². The Kier molecular flexibility index (Phi) is 5.99. The first-order chi connectivity index (χ1) is 7.33. The van der Waals surface area contributed by atoms with E-state index >= 15 is 0 Å². The molecule has 0 amide bonds. The molecule has 1 aromatic rings. The molecule has 0 saturated heterocycles. The minimum absolute atomic E-state index is 0.564. The van der Waals surface area contributed by atoms with Crippen molar-refractivity contribution in [1.29, 1.82) is 0 Å². The van der Waals surface area contributed by atoms with Crippen LogP contribution in [-0.4, -0.2) is 42.5 Å². The summed E-state index contributed by atoms with van der Waals surface area (Å²) in [5, 5.41) is 0. The minimum Gasteiger partial charge on any atom is -0.378 e. The predicted octanol–water partition coefficient (Wildman–Crippen LogP) is 0.183. The fraction of sp³-hybridized carbons (Fsp3) is 0.700. The molecule has 1 rings (SSSR count). The number of hydrogen-bond acceptors (Lipinski definition) is 4. The monoisotopic (exact) mass is 213 g/mol. The SMILES string of the molecule is Cc1cn(CCOCCOCCN)cn1. The van der Waals surface area contributed by atoms with Crippen molar-refractivity contribution in [3.8, 4) is 0 Å². The molecule has 0 fully saturated rings. The largest absolute Gasteiger partial charge is 0.378 e. The van der Waals surface area contributed by atoms with Crippen molar-refractivity contribution in [2.45, 2.75) is 13.5 Å². The summed E-state index contributed by atoms with van der Waals surface area (Å²) >= 11 is 0. The van der Waals surface area contributed by atoms with Crippen LogP contribution in [0.4, 0.5) is 0 Å². The van der Waals surface area contributed by atoms with E-state index in [1.165, 1.54) is 0 Å². The Morgan fingerprint density at radius 1 is 1.27 bits per heavy atom. The average Bonchev–Trinajstić information content (AvgIpc) is 2.63. The molecule has 1 aromatic heterocycles. The maximum atomic E-state index is 5.38. The van der Waals surface area contributed by atoms with Crippen molar-refractivity contribution >= 4 is 0 Å². The van der Waals surface area contributed by atoms with Gasteiger partial charge in [0.2, 0.25) is 0 Å². The first kappa shape index (κ1) is 12.2. The van der Waals surface area contributed by atoms with Gasteiger partial charge in [0.1, 0.15) is 0 Å². The smallest absolute Gasteiger partial charge is 0.0950 e. The van der Waals surface area contributed by atoms with Gasteiger partial charge in [0.25, 0.3) is 0 Å². The number of aryl methyl sites for hydroxylation is 1. The molecule has 0 unspecified atom stereocenters. The number of hydrogen-bond donors (Lipinski definition) is 1. The number of ether oxygens (including phenoxy) is 2. The summed E-state index contributed by atoms with van der Waals surface area (Å²) in [6.07, 6.45) is 3.80. The third kappa shape index (κ3) is 5.51. The molecule has 0 aliphatic rings. The summed E-state index contributed by atoms with van der Waals surface area (Å²) in [4.78, 5) is 4.12. The van der Waals surface area contributed by atoms with E-state index in [0.29, 0.717) is 33.0 Å². The number of rotatable bonds is 8. The fourth-order valence-corrected chi connectivity index (χ4v) is 1.17. The van der Waals surface area contributed by atoms with Crippen LogP contribution in [0.3, 0.4) is 0 Å². The maximum Gasteiger partial charge on any atom is 0.0950 e. The Labute approximate surface area is 90.2 Å². The highest BCUT2D eigenvalue weighted by atomic mass is 16.5. The summed E-state index contributed by atoms with van der Waals surface area (Å²) in [7, 11) is 0. The Hall–Kier alpha value is -0.910. The molecule has 5 heteroatoms. The molecule has 0 saturated carbocycles. The summed E-state index contributed by atoms with van der Waals surface area (Å²) in [6, 6.07) is 0. The van der Waals surface area contributed by atoms with Crippen LogP contribution in [0.1, 0.15) is 5.69 Å². The van der Waals surface area contributed by atoms with Crippen molar-refractivity contribution in [1.82, 2.24) is 9.55 Å². The third-order valence-corrected chi connectivity index (χ3v) is 1.89. The Bertz CT molecular complexity index is 263. The highest BCUT2D eigenvalue weighted by Gasteiger charge is 1.93. The van der Waals surface area contributed by atoms with Crippen molar-refractivity contribution in [2.75, 3.05) is 33.0 Å². The molecule has 0 aliphatic heterocycles. The average molecular weight is 213 g/mol. The fourth-order valence-electron chi connectivity index (χ4n) is 1.17. The lowest BCUT2D eigenvalue weighted by atomic mass is 10.5. The molecule has 0 spiro atoms. The van der Waals surface area contributed by atoms with E-state index in [2.05, 4.69) is 4.98 Å². The molecule has 0 atom stereocenters. The molecular weight excluding hydrogens is 194 g/mol. The molecule has 86 valence electrons. The topological polar surface area (TPSA) is 62.3 Å². The number of nitrogens with zero attached hydrogens (tertiary/aromatic N) is 2. The summed E-state index contributed by atoms with van der Waals surface area (Å²) in [6.45, 7) is 5.88. The molecule has 0 aliphatic carbocycles. The van der Waals surface area contributed by atoms with E-state index in [1.54, 1.807) is 0 Å². The van der Waals surface area contributed by atoms with Crippen LogP contribution in [0.5, 0.6) is 0 Å². The van der Waals surface area contributed by atoms with Gasteiger partial charge in [-0.2, -0.15) is 0 Å². The van der Waals surface area contributed by atoms with Gasteiger partial charge in [0, 0.05) is 19.3 Å². The first-order valence-electron chi connectivity index (χ1n) is 5.17. The lowest BCUT2D eigenvalue weighted by Gasteiger charge is -2.05. The Balaban J connectivity index is 1.93. The number of nitrogens with two attached hydrogens (primary N) is 1. The van der Waals surface area contributed by atoms with Gasteiger partial charge in [-0.25, -0.2) is 4.98 Å². The summed E-state index contributed by atoms with van der Waals surface area (Å²) in [5.74, 6) is 0. The number of aromatic nitrogens is 2. The van der Waals surface area contributed by atoms with Crippen molar-refractivity contribution < 1.29 is 9.47 Å². The van der Waals surface area contributed by atoms with Gasteiger partial charge in [0.05, 0.1) is 38.4 Å². The predicted molar refractivity (Wildman–Crippen MR) is 57.7 cm³/mol. The molecule has 1 heterocycles. The third-order valence-electron chi connectivity index (χ3n) is 1.89. The zero-order valence-electron chi connectivity index (χ0n) is 9.19. The van der Waals surface area contributed by atoms with Crippen LogP contribution in [0.2, 0.25) is 0 Å². The zero-order chi connectivity index (χ0) is 10.9. The van der Waals surface area contributed by atoms with E-state index in [0.717, 1.165) is 12.2 Å². The van der Waals surface area contributed by atoms with Crippen LogP contribution in [0.25, 0.3) is 0 Å². The van der Waals surface area contributed by atoms with E-state index < -0.39 is 0 Å². The second-order valence-corrected chi connectivity index (χ2v) is 3.27. The lowest BCUT2D eigenvalue weighted by Crippen LogP contribution is -2.13. The van der Waals surface area contributed by atoms with Crippen LogP contribution in [0, 0.1) is 6.92 Å². The first-order valence-corrected chi connectivity index (χ1v) is 5.17. The maximum absolute atomic E-state index is 5.38. The second-order valence-electron chi connectivity index (χ2n) is 3.27. The summed E-state index contributed by atoms with van der Waals surface area (Å²) in [5.41, 5.74) is 6.30. The van der Waals surface area contributed by atoms with Gasteiger partial charge >= 0.3 is 0 Å². The van der Waals surface area contributed by atoms with E-state index in [-0.39, 0.29) is 0 Å². The van der Waals surface area contributed by atoms with Crippen LogP contribution in [-0.2, 0) is 16.0 Å². The van der Waals surface area contributed by atoms with Gasteiger partial charge in [-0.3, -0.25) is 0 Å². The molecule has 15 heavy (non-hydrogen) atoms. The molecule has 0 bridgehead atoms. The van der Waals surface area contributed by atoms with E-state index in [1.807, 2.05) is 24.0 Å². The van der Waals surface area contributed by atoms with Crippen LogP contribution in [0.15, 0.2) is 12.5 Å². The lowest BCUT2D eigenvalue weighted by molar-refractivity contribution is 0.0477. The second kappa shape index (κ2) is 7.39. The van der Waals surface area contributed by atoms with E-state index in [4.69, 9.17) is 15.2 Å². The molecule has 2 N–H and O–H groups in total. The minimum atomic E-state index is 0.564. The molecular formula is C10H19N3O2. The molecule has 0 aromatic carbocycles. The normalized spacial score (nSPS) is 10.8. The highest BCUT2D eigenvalue weighted by molar-refractivity contribution is 4.91. The number of imidazole rings is 1. The van der Waals surface area contributed by atoms with E-state index in [9.17, 15) is 0 Å². The van der Waals surface area contributed by atoms with Crippen molar-refractivity contribution in [3.63, 3.8) is 0 Å². The summed E-state index contributed by atoms with van der Waals surface area (Å²) < 4.78 is 12.6. The zero-order valence-corrected chi connectivity index (χ0v) is 9.19. The van der Waals surface area contributed by atoms with Crippen molar-refractivity contribution in [3.05, 3.63) is 18.2 Å². The highest BCUT2D eigenvalue weighted by Crippen LogP contribution is 1.93. The van der Waals surface area contributed by atoms with Gasteiger partial charge in [0.15, 0.2) is 0 Å². The van der Waals surface area contributed by atoms with Crippen LogP contribution >= 0.6 is 0 Å². The molecule has 0 radical (unpaired) electrons. The standard InChI is InChI=1S/C10H19N3O2/c1-10-8-13(9-12-10)3-5-15-7-6-14-4-2-11/h8-9H,2-7,11H2,1H3. The van der Waals surface area contributed by atoms with Crippen LogP contribution < -0.4 is 5.73 Å². The Morgan fingerprint density at radius 2 is 2.00 bits per heavy atom. The Morgan fingerprint density at radius 3 is 2.60 bits per heavy atom. The van der Waals surface area contributed by atoms with Crippen molar-refractivity contribution in [2.24, 2.45) is 5.73 Å². The van der Waals surface area contributed by atoms with Gasteiger partial charge in [-0.15, -0.1) is 0 Å². The van der Waals surface area contributed by atoms with Gasteiger partial charge in [-0.1, -0.05) is 0 Å². The quantitative estimate of drug-likeness (QED) is 0.626. The molecule has 5 nitrogen and oxygen atoms in total. The van der Waals surface area contributed by atoms with Gasteiger partial charge < -0.3 is 19.8 Å².